The van der Waals surface area contributed by atoms with Crippen molar-refractivity contribution < 1.29 is 25.8 Å². The molecule has 0 saturated heterocycles. The summed E-state index contributed by atoms with van der Waals surface area (Å²) >= 11 is 0. The zero-order valence-corrected chi connectivity index (χ0v) is 19.9. The minimum Gasteiger partial charge on any atom is -0.343 e. The first-order valence-electron chi connectivity index (χ1n) is 10.2. The number of rotatable bonds is 4. The van der Waals surface area contributed by atoms with Gasteiger partial charge in [-0.05, 0) is 42.8 Å². The molecule has 0 N–H and O–H groups in total. The molecule has 0 saturated carbocycles. The van der Waals surface area contributed by atoms with E-state index in [1.165, 1.54) is 0 Å². The van der Waals surface area contributed by atoms with Crippen molar-refractivity contribution in [3.05, 3.63) is 89.8 Å². The summed E-state index contributed by atoms with van der Waals surface area (Å²) in [5.74, 6) is -1.23. The second kappa shape index (κ2) is 9.12. The Labute approximate surface area is 202 Å². The minimum atomic E-state index is -0.948. The molecule has 4 heterocycles. The molecule has 0 atom stereocenters. The fourth-order valence-corrected chi connectivity index (χ4v) is 3.27. The van der Waals surface area contributed by atoms with Crippen LogP contribution in [0.15, 0.2) is 48.5 Å². The Kier molecular flexibility index (Phi) is 6.82. The predicted molar refractivity (Wildman–Crippen MR) is 117 cm³/mol. The van der Waals surface area contributed by atoms with Gasteiger partial charge < -0.3 is 9.67 Å². The van der Waals surface area contributed by atoms with Crippen LogP contribution in [0.1, 0.15) is 51.7 Å². The van der Waals surface area contributed by atoms with E-state index in [-0.39, 0.29) is 28.0 Å². The Balaban J connectivity index is 0.00000306. The van der Waals surface area contributed by atoms with Gasteiger partial charge in [0, 0.05) is 16.8 Å². The van der Waals surface area contributed by atoms with E-state index in [1.807, 2.05) is 44.2 Å². The average molecular weight is 495 g/mol. The Morgan fingerprint density at radius 2 is 1.48 bits per heavy atom. The molecule has 173 valence electrons. The Morgan fingerprint density at radius 1 is 0.818 bits per heavy atom. The summed E-state index contributed by atoms with van der Waals surface area (Å²) in [6, 6.07) is 16.4. The van der Waals surface area contributed by atoms with Crippen LogP contribution in [0.3, 0.4) is 0 Å². The molecule has 0 bridgehead atoms. The van der Waals surface area contributed by atoms with Crippen LogP contribution in [0.5, 0.6) is 0 Å². The van der Waals surface area contributed by atoms with E-state index in [9.17, 15) is 8.78 Å². The number of hydrogen-bond donors (Lipinski definition) is 0. The summed E-state index contributed by atoms with van der Waals surface area (Å²) in [7, 11) is 0. The molecule has 4 rings (SSSR count). The molecule has 33 heavy (non-hydrogen) atoms. The molecule has 0 amide bonds. The number of halogens is 2. The quantitative estimate of drug-likeness (QED) is 0.221. The molecule has 4 aromatic rings. The van der Waals surface area contributed by atoms with Gasteiger partial charge in [-0.25, -0.2) is 8.78 Å². The van der Waals surface area contributed by atoms with E-state index in [2.05, 4.69) is 48.1 Å². The molecular weight excluding hydrogens is 472 g/mol. The van der Waals surface area contributed by atoms with E-state index in [1.54, 1.807) is 16.8 Å². The van der Waals surface area contributed by atoms with E-state index < -0.39 is 17.3 Å². The molecule has 0 aliphatic rings. The van der Waals surface area contributed by atoms with Crippen LogP contribution in [-0.4, -0.2) is 24.7 Å². The molecular formula is C25H23CuF2N5. The van der Waals surface area contributed by atoms with Gasteiger partial charge in [0.05, 0.1) is 5.82 Å². The van der Waals surface area contributed by atoms with E-state index in [0.29, 0.717) is 17.2 Å². The third-order valence-electron chi connectivity index (χ3n) is 5.28. The van der Waals surface area contributed by atoms with Crippen LogP contribution in [0, 0.1) is 24.2 Å². The van der Waals surface area contributed by atoms with Crippen molar-refractivity contribution in [2.45, 2.75) is 45.4 Å². The Morgan fingerprint density at radius 3 is 2.12 bits per heavy atom. The van der Waals surface area contributed by atoms with Gasteiger partial charge in [-0.15, -0.1) is 12.1 Å². The maximum Gasteiger partial charge on any atom is 2.00 e. The van der Waals surface area contributed by atoms with Crippen molar-refractivity contribution in [3.63, 3.8) is 0 Å². The van der Waals surface area contributed by atoms with Gasteiger partial charge in [-0.1, -0.05) is 62.9 Å². The molecule has 1 radical (unpaired) electrons. The van der Waals surface area contributed by atoms with Crippen LogP contribution < -0.4 is 0 Å². The molecule has 5 nitrogen and oxygen atoms in total. The van der Waals surface area contributed by atoms with Crippen molar-refractivity contribution in [1.82, 2.24) is 24.7 Å². The normalized spacial score (nSPS) is 11.8. The number of nitrogens with zero attached hydrogens (tertiary/aromatic N) is 5. The minimum absolute atomic E-state index is 0. The van der Waals surface area contributed by atoms with Gasteiger partial charge in [0.25, 0.3) is 0 Å². The number of aromatic nitrogens is 5. The topological polar surface area (TPSA) is 56.5 Å². The van der Waals surface area contributed by atoms with Crippen molar-refractivity contribution in [1.29, 1.82) is 0 Å². The van der Waals surface area contributed by atoms with Crippen molar-refractivity contribution in [3.8, 4) is 17.1 Å². The van der Waals surface area contributed by atoms with Crippen molar-refractivity contribution in [2.75, 3.05) is 0 Å². The molecule has 0 unspecified atom stereocenters. The SMILES string of the molecule is CC(C)(C)c1c[c-]n(-c2cccc(C(C)(C)c3cccc(-c4[c-]cc(F)nc4F)n3)n2)n1.[Cu+2]. The molecule has 0 aliphatic carbocycles. The van der Waals surface area contributed by atoms with Crippen LogP contribution in [-0.2, 0) is 27.9 Å². The summed E-state index contributed by atoms with van der Waals surface area (Å²) in [6.07, 6.45) is 3.13. The van der Waals surface area contributed by atoms with Crippen LogP contribution >= 0.6 is 0 Å². The fraction of sp³-hybridized carbons (Fsp3) is 0.280. The summed E-state index contributed by atoms with van der Waals surface area (Å²) in [4.78, 5) is 12.7. The monoisotopic (exact) mass is 494 g/mol. The molecule has 0 aliphatic heterocycles. The van der Waals surface area contributed by atoms with E-state index in [4.69, 9.17) is 4.98 Å². The van der Waals surface area contributed by atoms with Crippen LogP contribution in [0.4, 0.5) is 8.78 Å². The van der Waals surface area contributed by atoms with E-state index in [0.717, 1.165) is 17.5 Å². The van der Waals surface area contributed by atoms with Gasteiger partial charge in [0.15, 0.2) is 0 Å². The van der Waals surface area contributed by atoms with Crippen LogP contribution in [0.25, 0.3) is 17.1 Å². The second-order valence-electron chi connectivity index (χ2n) is 9.12. The van der Waals surface area contributed by atoms with Gasteiger partial charge in [-0.3, -0.25) is 15.1 Å². The smallest absolute Gasteiger partial charge is 0.343 e. The Hall–Kier alpha value is -2.96. The van der Waals surface area contributed by atoms with Crippen molar-refractivity contribution in [2.24, 2.45) is 0 Å². The maximum absolute atomic E-state index is 14.2. The zero-order valence-electron chi connectivity index (χ0n) is 18.9. The fourth-order valence-electron chi connectivity index (χ4n) is 3.27. The first-order valence-corrected chi connectivity index (χ1v) is 10.2. The summed E-state index contributed by atoms with van der Waals surface area (Å²) in [5.41, 5.74) is 2.02. The third kappa shape index (κ3) is 5.02. The average Bonchev–Trinajstić information content (AvgIpc) is 3.25. The van der Waals surface area contributed by atoms with Gasteiger partial charge >= 0.3 is 17.1 Å². The maximum atomic E-state index is 14.2. The Bertz CT molecular complexity index is 1280. The molecule has 4 aromatic heterocycles. The van der Waals surface area contributed by atoms with Crippen molar-refractivity contribution >= 4 is 0 Å². The molecule has 0 fully saturated rings. The van der Waals surface area contributed by atoms with Gasteiger partial charge in [0.2, 0.25) is 0 Å². The molecule has 8 heteroatoms. The van der Waals surface area contributed by atoms with Crippen LogP contribution in [0.2, 0.25) is 0 Å². The van der Waals surface area contributed by atoms with E-state index >= 15 is 0 Å². The standard InChI is InChI=1S/C25H23F2N5.Cu/c1-24(2,3)18-14-15-32(31-18)22-11-7-10-20(29-22)25(4,5)19-9-6-8-17(28-19)16-12-13-21(26)30-23(16)27;/h6-11,13-14H,1-5H3;/q-2;+2. The van der Waals surface area contributed by atoms with Gasteiger partial charge in [-0.2, -0.15) is 0 Å². The van der Waals surface area contributed by atoms with Gasteiger partial charge in [0.1, 0.15) is 11.9 Å². The predicted octanol–water partition coefficient (Wildman–Crippen LogP) is 5.22. The first kappa shape index (κ1) is 24.7. The second-order valence-corrected chi connectivity index (χ2v) is 9.12. The number of hydrogen-bond acceptors (Lipinski definition) is 4. The summed E-state index contributed by atoms with van der Waals surface area (Å²) < 4.78 is 29.0. The molecule has 0 aromatic carbocycles. The largest absolute Gasteiger partial charge is 2.00 e. The molecule has 0 spiro atoms. The third-order valence-corrected chi connectivity index (χ3v) is 5.28. The zero-order chi connectivity index (χ0) is 23.1. The number of pyridine rings is 3. The summed E-state index contributed by atoms with van der Waals surface area (Å²) in [6.45, 7) is 10.3. The summed E-state index contributed by atoms with van der Waals surface area (Å²) in [5, 5.41) is 4.62. The first-order chi connectivity index (χ1) is 15.1.